The van der Waals surface area contributed by atoms with Crippen molar-refractivity contribution in [3.05, 3.63) is 29.3 Å². The molecule has 0 spiro atoms. The average Bonchev–Trinajstić information content (AvgIpc) is 1.83. The maximum Gasteiger partial charge on any atom is 0.0843 e. The standard InChI is InChI=1S/C10H14OS/c1-7-6-8(12)4-5-9(7)10(2,3)11/h4-6,11-12H,1-3H3. The Labute approximate surface area is 78.8 Å². The van der Waals surface area contributed by atoms with Crippen LogP contribution in [0.5, 0.6) is 0 Å². The van der Waals surface area contributed by atoms with E-state index in [1.54, 1.807) is 13.8 Å². The minimum Gasteiger partial charge on any atom is -0.386 e. The second kappa shape index (κ2) is 3.11. The van der Waals surface area contributed by atoms with Gasteiger partial charge in [-0.3, -0.25) is 0 Å². The summed E-state index contributed by atoms with van der Waals surface area (Å²) in [4.78, 5) is 0.931. The molecule has 1 N–H and O–H groups in total. The fraction of sp³-hybridized carbons (Fsp3) is 0.400. The summed E-state index contributed by atoms with van der Waals surface area (Å²) in [7, 11) is 0. The van der Waals surface area contributed by atoms with Crippen LogP contribution >= 0.6 is 12.6 Å². The molecule has 0 aromatic heterocycles. The van der Waals surface area contributed by atoms with Crippen LogP contribution in [0, 0.1) is 6.92 Å². The zero-order chi connectivity index (χ0) is 9.35. The molecule has 1 aromatic rings. The number of hydrogen-bond acceptors (Lipinski definition) is 2. The highest BCUT2D eigenvalue weighted by atomic mass is 32.1. The summed E-state index contributed by atoms with van der Waals surface area (Å²) < 4.78 is 0. The van der Waals surface area contributed by atoms with Crippen molar-refractivity contribution in [3.8, 4) is 0 Å². The number of aliphatic hydroxyl groups is 1. The van der Waals surface area contributed by atoms with E-state index in [4.69, 9.17) is 0 Å². The van der Waals surface area contributed by atoms with Gasteiger partial charge < -0.3 is 5.11 Å². The van der Waals surface area contributed by atoms with Gasteiger partial charge in [-0.05, 0) is 44.0 Å². The van der Waals surface area contributed by atoms with Gasteiger partial charge in [0.25, 0.3) is 0 Å². The van der Waals surface area contributed by atoms with Crippen molar-refractivity contribution >= 4 is 12.6 Å². The van der Waals surface area contributed by atoms with E-state index in [1.807, 2.05) is 25.1 Å². The first-order valence-electron chi connectivity index (χ1n) is 3.94. The Kier molecular flexibility index (Phi) is 2.49. The van der Waals surface area contributed by atoms with E-state index >= 15 is 0 Å². The van der Waals surface area contributed by atoms with E-state index in [1.165, 1.54) is 0 Å². The minimum atomic E-state index is -0.758. The largest absolute Gasteiger partial charge is 0.386 e. The van der Waals surface area contributed by atoms with Gasteiger partial charge in [-0.15, -0.1) is 12.6 Å². The second-order valence-electron chi connectivity index (χ2n) is 3.56. The average molecular weight is 182 g/mol. The number of benzene rings is 1. The van der Waals surface area contributed by atoms with Gasteiger partial charge in [-0.2, -0.15) is 0 Å². The summed E-state index contributed by atoms with van der Waals surface area (Å²) in [5.41, 5.74) is 1.28. The molecule has 2 heteroatoms. The summed E-state index contributed by atoms with van der Waals surface area (Å²) in [5.74, 6) is 0. The zero-order valence-electron chi connectivity index (χ0n) is 7.63. The van der Waals surface area contributed by atoms with Gasteiger partial charge in [-0.1, -0.05) is 6.07 Å². The smallest absolute Gasteiger partial charge is 0.0843 e. The Morgan fingerprint density at radius 2 is 1.92 bits per heavy atom. The van der Waals surface area contributed by atoms with Gasteiger partial charge in [0.05, 0.1) is 5.60 Å². The van der Waals surface area contributed by atoms with Crippen LogP contribution in [0.4, 0.5) is 0 Å². The van der Waals surface area contributed by atoms with Crippen LogP contribution in [0.1, 0.15) is 25.0 Å². The Balaban J connectivity index is 3.19. The Morgan fingerprint density at radius 1 is 1.33 bits per heavy atom. The first-order chi connectivity index (χ1) is 5.41. The lowest BCUT2D eigenvalue weighted by Gasteiger charge is -2.20. The van der Waals surface area contributed by atoms with E-state index < -0.39 is 5.60 Å². The molecule has 0 unspecified atom stereocenters. The molecule has 66 valence electrons. The molecule has 0 saturated heterocycles. The molecule has 0 bridgehead atoms. The van der Waals surface area contributed by atoms with Crippen molar-refractivity contribution < 1.29 is 5.11 Å². The van der Waals surface area contributed by atoms with Gasteiger partial charge in [-0.25, -0.2) is 0 Å². The second-order valence-corrected chi connectivity index (χ2v) is 4.07. The molecule has 0 aliphatic heterocycles. The highest BCUT2D eigenvalue weighted by Gasteiger charge is 2.17. The van der Waals surface area contributed by atoms with Gasteiger partial charge in [0.2, 0.25) is 0 Å². The molecule has 0 saturated carbocycles. The lowest BCUT2D eigenvalue weighted by Crippen LogP contribution is -2.16. The van der Waals surface area contributed by atoms with E-state index in [2.05, 4.69) is 12.6 Å². The molecule has 1 nitrogen and oxygen atoms in total. The molecule has 0 heterocycles. The summed E-state index contributed by atoms with van der Waals surface area (Å²) in [6.07, 6.45) is 0. The summed E-state index contributed by atoms with van der Waals surface area (Å²) in [6, 6.07) is 5.76. The summed E-state index contributed by atoms with van der Waals surface area (Å²) in [5, 5.41) is 9.74. The zero-order valence-corrected chi connectivity index (χ0v) is 8.52. The topological polar surface area (TPSA) is 20.2 Å². The number of thiol groups is 1. The van der Waals surface area contributed by atoms with Crippen LogP contribution in [0.2, 0.25) is 0 Å². The third kappa shape index (κ3) is 2.02. The molecule has 0 radical (unpaired) electrons. The maximum atomic E-state index is 9.74. The highest BCUT2D eigenvalue weighted by molar-refractivity contribution is 7.80. The fourth-order valence-corrected chi connectivity index (χ4v) is 1.60. The molecule has 0 amide bonds. The van der Waals surface area contributed by atoms with Crippen LogP contribution in [-0.2, 0) is 5.60 Å². The molecular formula is C10H14OS. The van der Waals surface area contributed by atoms with Crippen molar-refractivity contribution in [2.75, 3.05) is 0 Å². The summed E-state index contributed by atoms with van der Waals surface area (Å²) >= 11 is 4.22. The van der Waals surface area contributed by atoms with Crippen molar-refractivity contribution in [2.45, 2.75) is 31.3 Å². The molecule has 0 aliphatic carbocycles. The van der Waals surface area contributed by atoms with Gasteiger partial charge in [0.1, 0.15) is 0 Å². The number of aryl methyl sites for hydroxylation is 1. The lowest BCUT2D eigenvalue weighted by atomic mass is 9.94. The van der Waals surface area contributed by atoms with Crippen LogP contribution < -0.4 is 0 Å². The number of hydrogen-bond donors (Lipinski definition) is 2. The monoisotopic (exact) mass is 182 g/mol. The lowest BCUT2D eigenvalue weighted by molar-refractivity contribution is 0.0779. The van der Waals surface area contributed by atoms with Gasteiger partial charge >= 0.3 is 0 Å². The van der Waals surface area contributed by atoms with Crippen LogP contribution in [0.3, 0.4) is 0 Å². The Hall–Kier alpha value is -0.470. The first-order valence-corrected chi connectivity index (χ1v) is 4.38. The SMILES string of the molecule is Cc1cc(S)ccc1C(C)(C)O. The summed E-state index contributed by atoms with van der Waals surface area (Å²) in [6.45, 7) is 5.55. The van der Waals surface area contributed by atoms with Crippen LogP contribution in [0.15, 0.2) is 23.1 Å². The molecule has 0 fully saturated rings. The van der Waals surface area contributed by atoms with Crippen LogP contribution in [0.25, 0.3) is 0 Å². The van der Waals surface area contributed by atoms with E-state index in [9.17, 15) is 5.11 Å². The Morgan fingerprint density at radius 3 is 2.33 bits per heavy atom. The first kappa shape index (κ1) is 9.62. The predicted octanol–water partition coefficient (Wildman–Crippen LogP) is 2.51. The molecule has 0 atom stereocenters. The molecule has 1 rings (SSSR count). The van der Waals surface area contributed by atoms with Crippen molar-refractivity contribution in [2.24, 2.45) is 0 Å². The predicted molar refractivity (Wildman–Crippen MR) is 53.7 cm³/mol. The van der Waals surface area contributed by atoms with Crippen molar-refractivity contribution in [1.29, 1.82) is 0 Å². The van der Waals surface area contributed by atoms with Gasteiger partial charge in [0, 0.05) is 4.90 Å². The van der Waals surface area contributed by atoms with E-state index in [0.717, 1.165) is 16.0 Å². The molecular weight excluding hydrogens is 168 g/mol. The van der Waals surface area contributed by atoms with E-state index in [-0.39, 0.29) is 0 Å². The maximum absolute atomic E-state index is 9.74. The normalized spacial score (nSPS) is 11.8. The quantitative estimate of drug-likeness (QED) is 0.639. The minimum absolute atomic E-state index is 0.758. The van der Waals surface area contributed by atoms with Crippen LogP contribution in [-0.4, -0.2) is 5.11 Å². The van der Waals surface area contributed by atoms with E-state index in [0.29, 0.717) is 0 Å². The highest BCUT2D eigenvalue weighted by Crippen LogP contribution is 2.24. The third-order valence-corrected chi connectivity index (χ3v) is 2.15. The Bertz CT molecular complexity index is 286. The molecule has 1 aromatic carbocycles. The molecule has 0 aliphatic rings. The molecule has 12 heavy (non-hydrogen) atoms. The van der Waals surface area contributed by atoms with Crippen molar-refractivity contribution in [3.63, 3.8) is 0 Å². The number of rotatable bonds is 1. The van der Waals surface area contributed by atoms with Crippen molar-refractivity contribution in [1.82, 2.24) is 0 Å². The fourth-order valence-electron chi connectivity index (χ4n) is 1.33. The third-order valence-electron chi connectivity index (χ3n) is 1.87. The van der Waals surface area contributed by atoms with Gasteiger partial charge in [0.15, 0.2) is 0 Å².